The van der Waals surface area contributed by atoms with Crippen LogP contribution in [0.2, 0.25) is 0 Å². The molecule has 1 unspecified atom stereocenters. The number of piperazine rings is 1. The number of nitrogens with zero attached hydrogens (tertiary/aromatic N) is 4. The first-order valence-corrected chi connectivity index (χ1v) is 13.4. The third kappa shape index (κ3) is 4.99. The summed E-state index contributed by atoms with van der Waals surface area (Å²) >= 11 is 0. The fourth-order valence-corrected chi connectivity index (χ4v) is 6.27. The molecule has 184 valence electrons. The maximum Gasteiger partial charge on any atom is 0.235 e. The van der Waals surface area contributed by atoms with Gasteiger partial charge in [0, 0.05) is 45.0 Å². The van der Waals surface area contributed by atoms with Crippen molar-refractivity contribution in [3.05, 3.63) is 23.9 Å². The number of aromatic nitrogens is 2. The molecule has 1 atom stereocenters. The van der Waals surface area contributed by atoms with Crippen LogP contribution in [0.25, 0.3) is 10.9 Å². The van der Waals surface area contributed by atoms with Crippen LogP contribution < -0.4 is 10.2 Å². The van der Waals surface area contributed by atoms with E-state index in [0.29, 0.717) is 12.8 Å². The summed E-state index contributed by atoms with van der Waals surface area (Å²) in [6.07, 6.45) is 12.3. The average Bonchev–Trinajstić information content (AvgIpc) is 3.19. The predicted molar refractivity (Wildman–Crippen MR) is 135 cm³/mol. The maximum atomic E-state index is 12.5. The van der Waals surface area contributed by atoms with E-state index in [4.69, 9.17) is 5.10 Å². The van der Waals surface area contributed by atoms with Gasteiger partial charge in [-0.3, -0.25) is 24.5 Å². The van der Waals surface area contributed by atoms with Gasteiger partial charge in [-0.25, -0.2) is 0 Å². The van der Waals surface area contributed by atoms with Gasteiger partial charge in [-0.05, 0) is 31.4 Å². The first-order valence-electron chi connectivity index (χ1n) is 13.4. The van der Waals surface area contributed by atoms with Crippen LogP contribution in [-0.4, -0.2) is 59.2 Å². The van der Waals surface area contributed by atoms with Crippen LogP contribution in [0.5, 0.6) is 0 Å². The van der Waals surface area contributed by atoms with Crippen LogP contribution in [-0.2, 0) is 16.6 Å². The van der Waals surface area contributed by atoms with Gasteiger partial charge >= 0.3 is 0 Å². The summed E-state index contributed by atoms with van der Waals surface area (Å²) in [6.45, 7) is 5.44. The number of para-hydroxylation sites is 1. The number of rotatable bonds is 7. The summed E-state index contributed by atoms with van der Waals surface area (Å²) in [7, 11) is 1.96. The van der Waals surface area contributed by atoms with E-state index in [1.54, 1.807) is 0 Å². The molecule has 0 bridgehead atoms. The van der Waals surface area contributed by atoms with Gasteiger partial charge in [0.25, 0.3) is 0 Å². The second-order valence-electron chi connectivity index (χ2n) is 10.5. The highest BCUT2D eigenvalue weighted by atomic mass is 16.2. The van der Waals surface area contributed by atoms with Crippen molar-refractivity contribution >= 4 is 28.4 Å². The molecule has 1 aromatic heterocycles. The topological polar surface area (TPSA) is 70.5 Å². The zero-order chi connectivity index (χ0) is 23.5. The Balaban J connectivity index is 1.19. The molecule has 1 N–H and O–H groups in total. The van der Waals surface area contributed by atoms with Gasteiger partial charge in [-0.2, -0.15) is 5.10 Å². The molecule has 0 spiro atoms. The predicted octanol–water partition coefficient (Wildman–Crippen LogP) is 3.97. The van der Waals surface area contributed by atoms with Crippen LogP contribution in [0.3, 0.4) is 0 Å². The zero-order valence-electron chi connectivity index (χ0n) is 20.6. The molecule has 3 heterocycles. The van der Waals surface area contributed by atoms with Crippen molar-refractivity contribution in [1.82, 2.24) is 20.0 Å². The summed E-state index contributed by atoms with van der Waals surface area (Å²) in [5.41, 5.74) is 3.08. The van der Waals surface area contributed by atoms with Gasteiger partial charge in [0.1, 0.15) is 0 Å². The Morgan fingerprint density at radius 2 is 1.79 bits per heavy atom. The van der Waals surface area contributed by atoms with Crippen LogP contribution in [0, 0.1) is 5.92 Å². The monoisotopic (exact) mass is 465 g/mol. The Kier molecular flexibility index (Phi) is 7.18. The van der Waals surface area contributed by atoms with E-state index in [1.165, 1.54) is 63.6 Å². The third-order valence-corrected chi connectivity index (χ3v) is 8.22. The number of hydrogen-bond acceptors (Lipinski definition) is 5. The number of fused-ring (bicyclic) bond motifs is 1. The van der Waals surface area contributed by atoms with E-state index < -0.39 is 0 Å². The van der Waals surface area contributed by atoms with E-state index >= 15 is 0 Å². The van der Waals surface area contributed by atoms with Gasteiger partial charge in [0.2, 0.25) is 11.8 Å². The standard InChI is InChI=1S/C27H39N5O2/c1-30-26-21(25(29-30)22-13-14-24(33)28-27(22)34)11-7-12-23(26)32-18-16-31(17-19-32)15-6-5-10-20-8-3-2-4-9-20/h7,11-12,20,22H,2-6,8-10,13-19H2,1H3,(H,28,33,34). The molecule has 2 aromatic rings. The number of aryl methyl sites for hydroxylation is 1. The van der Waals surface area contributed by atoms with Crippen LogP contribution in [0.1, 0.15) is 75.8 Å². The first-order chi connectivity index (χ1) is 16.6. The molecule has 2 saturated heterocycles. The van der Waals surface area contributed by atoms with Crippen molar-refractivity contribution in [2.45, 2.75) is 70.1 Å². The van der Waals surface area contributed by atoms with E-state index in [2.05, 4.69) is 33.3 Å². The highest BCUT2D eigenvalue weighted by molar-refractivity contribution is 6.03. The first kappa shape index (κ1) is 23.3. The molecule has 1 aromatic carbocycles. The summed E-state index contributed by atoms with van der Waals surface area (Å²) < 4.78 is 1.92. The molecule has 7 heteroatoms. The van der Waals surface area contributed by atoms with Crippen molar-refractivity contribution in [3.8, 4) is 0 Å². The molecule has 5 rings (SSSR count). The SMILES string of the molecule is Cn1nc(C2CCC(=O)NC2=O)c2cccc(N3CCN(CCCCC4CCCCC4)CC3)c21. The molecule has 7 nitrogen and oxygen atoms in total. The van der Waals surface area contributed by atoms with E-state index in [1.807, 2.05) is 11.7 Å². The van der Waals surface area contributed by atoms with Gasteiger partial charge < -0.3 is 4.90 Å². The minimum Gasteiger partial charge on any atom is -0.367 e. The number of carbonyl (C=O) groups excluding carboxylic acids is 2. The molecular weight excluding hydrogens is 426 g/mol. The number of imide groups is 1. The van der Waals surface area contributed by atoms with Crippen LogP contribution in [0.4, 0.5) is 5.69 Å². The second kappa shape index (κ2) is 10.5. The number of piperidine rings is 1. The lowest BCUT2D eigenvalue weighted by Crippen LogP contribution is -2.46. The largest absolute Gasteiger partial charge is 0.367 e. The number of amides is 2. The quantitative estimate of drug-likeness (QED) is 0.495. The number of benzene rings is 1. The minimum absolute atomic E-state index is 0.186. The number of anilines is 1. The number of carbonyl (C=O) groups is 2. The second-order valence-corrected chi connectivity index (χ2v) is 10.5. The Morgan fingerprint density at radius 3 is 2.56 bits per heavy atom. The average molecular weight is 466 g/mol. The zero-order valence-corrected chi connectivity index (χ0v) is 20.6. The number of unbranched alkanes of at least 4 members (excludes halogenated alkanes) is 1. The van der Waals surface area contributed by atoms with Gasteiger partial charge in [-0.1, -0.05) is 57.1 Å². The fourth-order valence-electron chi connectivity index (χ4n) is 6.27. The van der Waals surface area contributed by atoms with E-state index in [-0.39, 0.29) is 17.7 Å². The lowest BCUT2D eigenvalue weighted by Gasteiger charge is -2.36. The number of nitrogens with one attached hydrogen (secondary N) is 1. The van der Waals surface area contributed by atoms with Crippen molar-refractivity contribution in [1.29, 1.82) is 0 Å². The van der Waals surface area contributed by atoms with E-state index in [9.17, 15) is 9.59 Å². The Bertz CT molecular complexity index is 1020. The smallest absolute Gasteiger partial charge is 0.235 e. The van der Waals surface area contributed by atoms with Crippen molar-refractivity contribution in [2.24, 2.45) is 13.0 Å². The minimum atomic E-state index is -0.359. The molecule has 1 aliphatic carbocycles. The van der Waals surface area contributed by atoms with Crippen molar-refractivity contribution in [2.75, 3.05) is 37.6 Å². The highest BCUT2D eigenvalue weighted by Crippen LogP contribution is 2.35. The Labute approximate surface area is 202 Å². The lowest BCUT2D eigenvalue weighted by molar-refractivity contribution is -0.134. The maximum absolute atomic E-state index is 12.5. The summed E-state index contributed by atoms with van der Waals surface area (Å²) in [5, 5.41) is 8.26. The molecule has 2 aliphatic heterocycles. The summed E-state index contributed by atoms with van der Waals surface area (Å²) in [5.74, 6) is 0.227. The van der Waals surface area contributed by atoms with Crippen molar-refractivity contribution in [3.63, 3.8) is 0 Å². The molecule has 1 saturated carbocycles. The summed E-state index contributed by atoms with van der Waals surface area (Å²) in [4.78, 5) is 29.2. The van der Waals surface area contributed by atoms with Gasteiger partial charge in [0.05, 0.1) is 22.8 Å². The Hall–Kier alpha value is -2.41. The highest BCUT2D eigenvalue weighted by Gasteiger charge is 2.32. The third-order valence-electron chi connectivity index (χ3n) is 8.22. The van der Waals surface area contributed by atoms with Crippen LogP contribution >= 0.6 is 0 Å². The Morgan fingerprint density at radius 1 is 1.00 bits per heavy atom. The van der Waals surface area contributed by atoms with Gasteiger partial charge in [-0.15, -0.1) is 0 Å². The van der Waals surface area contributed by atoms with Crippen LogP contribution in [0.15, 0.2) is 18.2 Å². The molecule has 3 aliphatic rings. The molecular formula is C27H39N5O2. The lowest BCUT2D eigenvalue weighted by atomic mass is 9.86. The normalized spacial score (nSPS) is 23.0. The molecule has 2 amide bonds. The summed E-state index contributed by atoms with van der Waals surface area (Å²) in [6, 6.07) is 6.32. The van der Waals surface area contributed by atoms with E-state index in [0.717, 1.165) is 48.7 Å². The number of hydrogen-bond donors (Lipinski definition) is 1. The van der Waals surface area contributed by atoms with Gasteiger partial charge in [0.15, 0.2) is 0 Å². The van der Waals surface area contributed by atoms with Crippen molar-refractivity contribution < 1.29 is 9.59 Å². The fraction of sp³-hybridized carbons (Fsp3) is 0.667. The molecule has 34 heavy (non-hydrogen) atoms. The molecule has 0 radical (unpaired) electrons. The molecule has 3 fully saturated rings.